The zero-order chi connectivity index (χ0) is 18.4. The summed E-state index contributed by atoms with van der Waals surface area (Å²) in [5.41, 5.74) is 2.67. The molecule has 0 aliphatic carbocycles. The summed E-state index contributed by atoms with van der Waals surface area (Å²) in [7, 11) is 1.93. The van der Waals surface area contributed by atoms with Crippen molar-refractivity contribution in [1.29, 1.82) is 0 Å². The average molecular weight is 340 g/mol. The van der Waals surface area contributed by atoms with Crippen LogP contribution < -0.4 is 10.2 Å². The van der Waals surface area contributed by atoms with E-state index in [1.165, 1.54) is 0 Å². The van der Waals surface area contributed by atoms with Gasteiger partial charge in [0.15, 0.2) is 0 Å². The summed E-state index contributed by atoms with van der Waals surface area (Å²) >= 11 is 0. The molecule has 2 N–H and O–H groups in total. The zero-order valence-corrected chi connectivity index (χ0v) is 14.9. The molecule has 0 radical (unpaired) electrons. The number of anilines is 2. The molecule has 0 spiro atoms. The van der Waals surface area contributed by atoms with Gasteiger partial charge in [0.2, 0.25) is 0 Å². The third-order valence-corrected chi connectivity index (χ3v) is 4.05. The minimum absolute atomic E-state index is 0.0850. The molecule has 0 fully saturated rings. The Hall–Kier alpha value is -2.82. The number of amides is 1. The van der Waals surface area contributed by atoms with Crippen LogP contribution in [0.4, 0.5) is 11.4 Å². The van der Waals surface area contributed by atoms with Gasteiger partial charge in [-0.1, -0.05) is 31.0 Å². The first-order valence-corrected chi connectivity index (χ1v) is 8.39. The molecule has 5 nitrogen and oxygen atoms in total. The van der Waals surface area contributed by atoms with Crippen LogP contribution >= 0.6 is 0 Å². The Morgan fingerprint density at radius 3 is 2.56 bits per heavy atom. The molecule has 25 heavy (non-hydrogen) atoms. The van der Waals surface area contributed by atoms with Crippen LogP contribution in [-0.2, 0) is 0 Å². The summed E-state index contributed by atoms with van der Waals surface area (Å²) in [6.45, 7) is 4.87. The number of unbranched alkanes of at least 4 members (excludes halogenated alkanes) is 1. The SMILES string of the molecule is CCCCN(C)c1ccc(NC(=O)c2cccc(C)c2)c(C(=O)O)c1. The first-order chi connectivity index (χ1) is 11.9. The van der Waals surface area contributed by atoms with Gasteiger partial charge in [-0.25, -0.2) is 4.79 Å². The zero-order valence-electron chi connectivity index (χ0n) is 14.9. The minimum Gasteiger partial charge on any atom is -0.478 e. The highest BCUT2D eigenvalue weighted by Gasteiger charge is 2.15. The lowest BCUT2D eigenvalue weighted by Gasteiger charge is -2.20. The molecule has 1 amide bonds. The second kappa shape index (κ2) is 8.33. The molecule has 0 heterocycles. The normalized spacial score (nSPS) is 10.4. The molecule has 5 heteroatoms. The maximum atomic E-state index is 12.4. The summed E-state index contributed by atoms with van der Waals surface area (Å²) in [6, 6.07) is 12.2. The largest absolute Gasteiger partial charge is 0.478 e. The van der Waals surface area contributed by atoms with Crippen molar-refractivity contribution < 1.29 is 14.7 Å². The third-order valence-electron chi connectivity index (χ3n) is 4.05. The van der Waals surface area contributed by atoms with Gasteiger partial charge in [0.05, 0.1) is 11.3 Å². The number of rotatable bonds is 7. The highest BCUT2D eigenvalue weighted by Crippen LogP contribution is 2.24. The minimum atomic E-state index is -1.06. The van der Waals surface area contributed by atoms with E-state index in [4.69, 9.17) is 0 Å². The van der Waals surface area contributed by atoms with Gasteiger partial charge in [0.25, 0.3) is 5.91 Å². The van der Waals surface area contributed by atoms with Crippen molar-refractivity contribution in [3.63, 3.8) is 0 Å². The number of carbonyl (C=O) groups is 2. The van der Waals surface area contributed by atoms with Gasteiger partial charge in [-0.15, -0.1) is 0 Å². The molecule has 2 aromatic carbocycles. The molecule has 0 aliphatic rings. The number of carboxylic acid groups (broad SMARTS) is 1. The van der Waals surface area contributed by atoms with Crippen molar-refractivity contribution in [2.24, 2.45) is 0 Å². The van der Waals surface area contributed by atoms with Crippen LogP contribution in [0.15, 0.2) is 42.5 Å². The van der Waals surface area contributed by atoms with Crippen molar-refractivity contribution in [3.05, 3.63) is 59.2 Å². The molecule has 0 saturated heterocycles. The van der Waals surface area contributed by atoms with Crippen molar-refractivity contribution >= 4 is 23.3 Å². The van der Waals surface area contributed by atoms with E-state index in [9.17, 15) is 14.7 Å². The van der Waals surface area contributed by atoms with Crippen LogP contribution in [0.5, 0.6) is 0 Å². The number of hydrogen-bond acceptors (Lipinski definition) is 3. The number of carbonyl (C=O) groups excluding carboxylic acids is 1. The molecule has 0 atom stereocenters. The quantitative estimate of drug-likeness (QED) is 0.793. The highest BCUT2D eigenvalue weighted by molar-refractivity contribution is 6.08. The highest BCUT2D eigenvalue weighted by atomic mass is 16.4. The van der Waals surface area contributed by atoms with E-state index in [0.29, 0.717) is 11.3 Å². The van der Waals surface area contributed by atoms with Gasteiger partial charge < -0.3 is 15.3 Å². The van der Waals surface area contributed by atoms with E-state index in [1.807, 2.05) is 31.0 Å². The smallest absolute Gasteiger partial charge is 0.337 e. The molecule has 2 aromatic rings. The lowest BCUT2D eigenvalue weighted by Crippen LogP contribution is -2.20. The van der Waals surface area contributed by atoms with Crippen molar-refractivity contribution in [3.8, 4) is 0 Å². The Morgan fingerprint density at radius 1 is 1.16 bits per heavy atom. The predicted molar refractivity (Wildman–Crippen MR) is 101 cm³/mol. The maximum Gasteiger partial charge on any atom is 0.337 e. The monoisotopic (exact) mass is 340 g/mol. The van der Waals surface area contributed by atoms with E-state index in [-0.39, 0.29) is 11.5 Å². The Morgan fingerprint density at radius 2 is 1.92 bits per heavy atom. The van der Waals surface area contributed by atoms with Gasteiger partial charge >= 0.3 is 5.97 Å². The topological polar surface area (TPSA) is 69.6 Å². The first kappa shape index (κ1) is 18.5. The van der Waals surface area contributed by atoms with Crippen LogP contribution in [0, 0.1) is 6.92 Å². The average Bonchev–Trinajstić information content (AvgIpc) is 2.59. The number of nitrogens with one attached hydrogen (secondary N) is 1. The molecular formula is C20H24N2O3. The van der Waals surface area contributed by atoms with E-state index in [0.717, 1.165) is 30.6 Å². The Kier molecular flexibility index (Phi) is 6.17. The second-order valence-corrected chi connectivity index (χ2v) is 6.13. The number of benzene rings is 2. The van der Waals surface area contributed by atoms with Crippen LogP contribution in [-0.4, -0.2) is 30.6 Å². The van der Waals surface area contributed by atoms with E-state index < -0.39 is 5.97 Å². The predicted octanol–water partition coefficient (Wildman–Crippen LogP) is 4.18. The molecule has 0 unspecified atom stereocenters. The van der Waals surface area contributed by atoms with Gasteiger partial charge in [0, 0.05) is 24.8 Å². The number of carboxylic acids is 1. The molecular weight excluding hydrogens is 316 g/mol. The van der Waals surface area contributed by atoms with Gasteiger partial charge in [-0.05, 0) is 43.7 Å². The third kappa shape index (κ3) is 4.83. The van der Waals surface area contributed by atoms with Crippen LogP contribution in [0.3, 0.4) is 0 Å². The summed E-state index contributed by atoms with van der Waals surface area (Å²) < 4.78 is 0. The number of hydrogen-bond donors (Lipinski definition) is 2. The van der Waals surface area contributed by atoms with Gasteiger partial charge in [-0.3, -0.25) is 4.79 Å². The van der Waals surface area contributed by atoms with E-state index in [1.54, 1.807) is 30.3 Å². The Labute approximate surface area is 148 Å². The Balaban J connectivity index is 2.25. The molecule has 0 aliphatic heterocycles. The van der Waals surface area contributed by atoms with Crippen LogP contribution in [0.25, 0.3) is 0 Å². The summed E-state index contributed by atoms with van der Waals surface area (Å²) in [6.07, 6.45) is 2.10. The summed E-state index contributed by atoms with van der Waals surface area (Å²) in [4.78, 5) is 26.0. The molecule has 132 valence electrons. The molecule has 2 rings (SSSR count). The van der Waals surface area contributed by atoms with Gasteiger partial charge in [0.1, 0.15) is 0 Å². The number of aromatic carboxylic acids is 1. The molecule has 0 bridgehead atoms. The van der Waals surface area contributed by atoms with Crippen molar-refractivity contribution in [2.45, 2.75) is 26.7 Å². The Bertz CT molecular complexity index is 771. The fourth-order valence-electron chi connectivity index (χ4n) is 2.56. The summed E-state index contributed by atoms with van der Waals surface area (Å²) in [5.74, 6) is -1.39. The van der Waals surface area contributed by atoms with Gasteiger partial charge in [-0.2, -0.15) is 0 Å². The molecule has 0 aromatic heterocycles. The van der Waals surface area contributed by atoms with Crippen LogP contribution in [0.1, 0.15) is 46.0 Å². The van der Waals surface area contributed by atoms with E-state index >= 15 is 0 Å². The standard InChI is InChI=1S/C20H24N2O3/c1-4-5-11-22(3)16-9-10-18(17(13-16)20(24)25)21-19(23)15-8-6-7-14(2)12-15/h6-10,12-13H,4-5,11H2,1-3H3,(H,21,23)(H,24,25). The lowest BCUT2D eigenvalue weighted by molar-refractivity contribution is 0.0698. The van der Waals surface area contributed by atoms with E-state index in [2.05, 4.69) is 12.2 Å². The first-order valence-electron chi connectivity index (χ1n) is 8.39. The number of nitrogens with zero attached hydrogens (tertiary/aromatic N) is 1. The van der Waals surface area contributed by atoms with Crippen molar-refractivity contribution in [1.82, 2.24) is 0 Å². The lowest BCUT2D eigenvalue weighted by atomic mass is 10.1. The summed E-state index contributed by atoms with van der Waals surface area (Å²) in [5, 5.41) is 12.2. The van der Waals surface area contributed by atoms with Crippen LogP contribution in [0.2, 0.25) is 0 Å². The fraction of sp³-hybridized carbons (Fsp3) is 0.300. The fourth-order valence-corrected chi connectivity index (χ4v) is 2.56. The maximum absolute atomic E-state index is 12.4. The second-order valence-electron chi connectivity index (χ2n) is 6.13. The number of aryl methyl sites for hydroxylation is 1. The van der Waals surface area contributed by atoms with Crippen molar-refractivity contribution in [2.75, 3.05) is 23.8 Å². The molecule has 0 saturated carbocycles.